The zero-order valence-electron chi connectivity index (χ0n) is 11.4. The van der Waals surface area contributed by atoms with E-state index in [0.717, 1.165) is 17.9 Å². The van der Waals surface area contributed by atoms with Gasteiger partial charge in [-0.25, -0.2) is 0 Å². The van der Waals surface area contributed by atoms with Gasteiger partial charge in [0.05, 0.1) is 5.02 Å². The Bertz CT molecular complexity index is 565. The Kier molecular flexibility index (Phi) is 4.86. The van der Waals surface area contributed by atoms with E-state index in [4.69, 9.17) is 16.3 Å². The minimum Gasteiger partial charge on any atom is -0.487 e. The summed E-state index contributed by atoms with van der Waals surface area (Å²) in [5.74, 6) is 0.744. The molecule has 0 saturated carbocycles. The predicted molar refractivity (Wildman–Crippen MR) is 82.3 cm³/mol. The minimum atomic E-state index is 0.564. The van der Waals surface area contributed by atoms with Gasteiger partial charge in [-0.1, -0.05) is 17.7 Å². The van der Waals surface area contributed by atoms with Crippen molar-refractivity contribution in [3.63, 3.8) is 0 Å². The first-order valence-electron chi connectivity index (χ1n) is 6.22. The van der Waals surface area contributed by atoms with Crippen LogP contribution in [0.4, 0.5) is 0 Å². The molecular formula is C15H18ClNOS. The van der Waals surface area contributed by atoms with Gasteiger partial charge in [0.15, 0.2) is 0 Å². The van der Waals surface area contributed by atoms with E-state index in [2.05, 4.69) is 18.3 Å². The fourth-order valence-corrected chi connectivity index (χ4v) is 3.22. The van der Waals surface area contributed by atoms with Crippen LogP contribution in [0.15, 0.2) is 24.3 Å². The molecule has 1 N–H and O–H groups in total. The summed E-state index contributed by atoms with van der Waals surface area (Å²) in [4.78, 5) is 2.63. The number of benzene rings is 1. The molecule has 0 spiro atoms. The van der Waals surface area contributed by atoms with Crippen LogP contribution in [-0.4, -0.2) is 7.05 Å². The molecule has 1 aromatic heterocycles. The molecular weight excluding hydrogens is 278 g/mol. The number of hydrogen-bond donors (Lipinski definition) is 1. The number of nitrogens with one attached hydrogen (secondary N) is 1. The van der Waals surface area contributed by atoms with Gasteiger partial charge in [-0.05, 0) is 44.7 Å². The van der Waals surface area contributed by atoms with Gasteiger partial charge in [0.2, 0.25) is 0 Å². The van der Waals surface area contributed by atoms with Gasteiger partial charge in [-0.3, -0.25) is 0 Å². The van der Waals surface area contributed by atoms with Gasteiger partial charge in [-0.2, -0.15) is 0 Å². The van der Waals surface area contributed by atoms with Gasteiger partial charge < -0.3 is 10.1 Å². The topological polar surface area (TPSA) is 21.3 Å². The summed E-state index contributed by atoms with van der Waals surface area (Å²) in [6.07, 6.45) is 0. The lowest BCUT2D eigenvalue weighted by Gasteiger charge is -2.08. The molecule has 4 heteroatoms. The van der Waals surface area contributed by atoms with Gasteiger partial charge in [-0.15, -0.1) is 11.3 Å². The van der Waals surface area contributed by atoms with Crippen LogP contribution in [0, 0.1) is 13.8 Å². The van der Waals surface area contributed by atoms with E-state index >= 15 is 0 Å². The third-order valence-corrected chi connectivity index (χ3v) is 4.28. The number of aryl methyl sites for hydroxylation is 2. The highest BCUT2D eigenvalue weighted by Gasteiger charge is 2.07. The predicted octanol–water partition coefficient (Wildman–Crippen LogP) is 4.32. The van der Waals surface area contributed by atoms with E-state index < -0.39 is 0 Å². The Hall–Kier alpha value is -1.03. The third-order valence-electron chi connectivity index (χ3n) is 2.89. The van der Waals surface area contributed by atoms with E-state index in [0.29, 0.717) is 11.6 Å². The van der Waals surface area contributed by atoms with Crippen LogP contribution in [0.2, 0.25) is 5.02 Å². The molecule has 0 atom stereocenters. The SMILES string of the molecule is CNCc1cc(COc2ccc(C)cc2Cl)c(C)s1. The maximum absolute atomic E-state index is 6.16. The second-order valence-electron chi connectivity index (χ2n) is 4.55. The van der Waals surface area contributed by atoms with Crippen molar-refractivity contribution in [2.75, 3.05) is 7.05 Å². The van der Waals surface area contributed by atoms with Crippen LogP contribution in [0.1, 0.15) is 20.9 Å². The molecule has 2 aromatic rings. The monoisotopic (exact) mass is 295 g/mol. The first-order valence-corrected chi connectivity index (χ1v) is 7.41. The largest absolute Gasteiger partial charge is 0.487 e. The van der Waals surface area contributed by atoms with Crippen molar-refractivity contribution in [1.82, 2.24) is 5.32 Å². The fourth-order valence-electron chi connectivity index (χ4n) is 1.87. The van der Waals surface area contributed by atoms with Crippen molar-refractivity contribution in [2.45, 2.75) is 27.0 Å². The van der Waals surface area contributed by atoms with Gasteiger partial charge in [0.1, 0.15) is 12.4 Å². The molecule has 0 radical (unpaired) electrons. The summed E-state index contributed by atoms with van der Waals surface area (Å²) in [6.45, 7) is 5.60. The summed E-state index contributed by atoms with van der Waals surface area (Å²) in [5.41, 5.74) is 2.37. The van der Waals surface area contributed by atoms with Crippen molar-refractivity contribution in [3.05, 3.63) is 50.2 Å². The summed E-state index contributed by atoms with van der Waals surface area (Å²) in [5, 5.41) is 3.83. The van der Waals surface area contributed by atoms with Crippen molar-refractivity contribution < 1.29 is 4.74 Å². The second-order valence-corrected chi connectivity index (χ2v) is 6.30. The highest BCUT2D eigenvalue weighted by molar-refractivity contribution is 7.12. The molecule has 102 valence electrons. The zero-order valence-corrected chi connectivity index (χ0v) is 13.0. The summed E-state index contributed by atoms with van der Waals surface area (Å²) in [6, 6.07) is 8.05. The maximum atomic E-state index is 6.16. The van der Waals surface area contributed by atoms with E-state index in [1.165, 1.54) is 15.3 Å². The second kappa shape index (κ2) is 6.42. The Labute approximate surface area is 123 Å². The first-order chi connectivity index (χ1) is 9.10. The van der Waals surface area contributed by atoms with E-state index in [9.17, 15) is 0 Å². The molecule has 2 rings (SSSR count). The summed E-state index contributed by atoms with van der Waals surface area (Å²) < 4.78 is 5.80. The molecule has 19 heavy (non-hydrogen) atoms. The first kappa shape index (κ1) is 14.4. The molecule has 0 amide bonds. The number of halogens is 1. The summed E-state index contributed by atoms with van der Waals surface area (Å²) >= 11 is 7.96. The Morgan fingerprint density at radius 3 is 2.74 bits per heavy atom. The Morgan fingerprint density at radius 1 is 1.26 bits per heavy atom. The molecule has 0 aliphatic rings. The molecule has 0 aliphatic heterocycles. The average Bonchev–Trinajstić information content (AvgIpc) is 2.69. The van der Waals surface area contributed by atoms with E-state index in [-0.39, 0.29) is 0 Å². The maximum Gasteiger partial charge on any atom is 0.138 e. The van der Waals surface area contributed by atoms with Crippen LogP contribution >= 0.6 is 22.9 Å². The molecule has 2 nitrogen and oxygen atoms in total. The van der Waals surface area contributed by atoms with Crippen LogP contribution in [0.5, 0.6) is 5.75 Å². The standard InChI is InChI=1S/C15H18ClNOS/c1-10-4-5-15(14(16)6-10)18-9-12-7-13(8-17-3)19-11(12)2/h4-7,17H,8-9H2,1-3H3. The number of thiophene rings is 1. The lowest BCUT2D eigenvalue weighted by molar-refractivity contribution is 0.306. The number of ether oxygens (including phenoxy) is 1. The summed E-state index contributed by atoms with van der Waals surface area (Å²) in [7, 11) is 1.96. The fraction of sp³-hybridized carbons (Fsp3) is 0.333. The lowest BCUT2D eigenvalue weighted by atomic mass is 10.2. The zero-order chi connectivity index (χ0) is 13.8. The number of rotatable bonds is 5. The van der Waals surface area contributed by atoms with Crippen molar-refractivity contribution in [1.29, 1.82) is 0 Å². The highest BCUT2D eigenvalue weighted by Crippen LogP contribution is 2.28. The van der Waals surface area contributed by atoms with Gasteiger partial charge in [0.25, 0.3) is 0 Å². The molecule has 0 saturated heterocycles. The van der Waals surface area contributed by atoms with E-state index in [1.54, 1.807) is 11.3 Å². The average molecular weight is 296 g/mol. The lowest BCUT2D eigenvalue weighted by Crippen LogP contribution is -2.02. The van der Waals surface area contributed by atoms with Crippen LogP contribution < -0.4 is 10.1 Å². The van der Waals surface area contributed by atoms with Crippen LogP contribution in [0.25, 0.3) is 0 Å². The molecule has 0 fully saturated rings. The smallest absolute Gasteiger partial charge is 0.138 e. The molecule has 1 aromatic carbocycles. The minimum absolute atomic E-state index is 0.564. The Balaban J connectivity index is 2.05. The Morgan fingerprint density at radius 2 is 2.05 bits per heavy atom. The quantitative estimate of drug-likeness (QED) is 0.887. The number of hydrogen-bond acceptors (Lipinski definition) is 3. The van der Waals surface area contributed by atoms with Crippen LogP contribution in [0.3, 0.4) is 0 Å². The van der Waals surface area contributed by atoms with E-state index in [1.807, 2.05) is 32.2 Å². The van der Waals surface area contributed by atoms with Crippen molar-refractivity contribution in [2.24, 2.45) is 0 Å². The molecule has 1 heterocycles. The molecule has 0 aliphatic carbocycles. The normalized spacial score (nSPS) is 10.7. The molecule has 0 unspecified atom stereocenters. The third kappa shape index (κ3) is 3.72. The van der Waals surface area contributed by atoms with Gasteiger partial charge >= 0.3 is 0 Å². The van der Waals surface area contributed by atoms with Crippen LogP contribution in [-0.2, 0) is 13.2 Å². The molecule has 0 bridgehead atoms. The highest BCUT2D eigenvalue weighted by atomic mass is 35.5. The van der Waals surface area contributed by atoms with Crippen molar-refractivity contribution in [3.8, 4) is 5.75 Å². The van der Waals surface area contributed by atoms with Gasteiger partial charge in [0, 0.05) is 21.9 Å². The van der Waals surface area contributed by atoms with Crippen molar-refractivity contribution >= 4 is 22.9 Å².